The molecular weight excluding hydrogens is 316 g/mol. The van der Waals surface area contributed by atoms with Gasteiger partial charge in [0.05, 0.1) is 24.9 Å². The van der Waals surface area contributed by atoms with Gasteiger partial charge in [-0.3, -0.25) is 4.79 Å². The molecule has 134 valence electrons. The Labute approximate surface area is 149 Å². The fourth-order valence-corrected chi connectivity index (χ4v) is 2.19. The second-order valence-corrected chi connectivity index (χ2v) is 5.94. The van der Waals surface area contributed by atoms with Gasteiger partial charge in [0.2, 0.25) is 5.91 Å². The predicted molar refractivity (Wildman–Crippen MR) is 102 cm³/mol. The molecule has 5 nitrogen and oxygen atoms in total. The van der Waals surface area contributed by atoms with E-state index in [2.05, 4.69) is 17.6 Å². The van der Waals surface area contributed by atoms with Gasteiger partial charge in [-0.15, -0.1) is 0 Å². The molecule has 0 aliphatic heterocycles. The van der Waals surface area contributed by atoms with E-state index >= 15 is 0 Å². The molecule has 2 aromatic carbocycles. The summed E-state index contributed by atoms with van der Waals surface area (Å²) in [6.45, 7) is 6.85. The van der Waals surface area contributed by atoms with E-state index in [0.29, 0.717) is 18.0 Å². The average molecular weight is 342 g/mol. The summed E-state index contributed by atoms with van der Waals surface area (Å²) in [7, 11) is 0. The number of carbonyl (C=O) groups excluding carboxylic acids is 1. The first kappa shape index (κ1) is 18.6. The number of benzene rings is 2. The lowest BCUT2D eigenvalue weighted by molar-refractivity contribution is -0.114. The van der Waals surface area contributed by atoms with Crippen LogP contribution in [0.2, 0.25) is 0 Å². The highest BCUT2D eigenvalue weighted by Gasteiger charge is 2.08. The van der Waals surface area contributed by atoms with E-state index in [9.17, 15) is 4.79 Å². The highest BCUT2D eigenvalue weighted by molar-refractivity contribution is 5.95. The van der Waals surface area contributed by atoms with Crippen molar-refractivity contribution in [2.24, 2.45) is 0 Å². The van der Waals surface area contributed by atoms with Crippen molar-refractivity contribution in [3.8, 4) is 11.5 Å². The minimum absolute atomic E-state index is 0.0459. The molecule has 0 bridgehead atoms. The van der Waals surface area contributed by atoms with Gasteiger partial charge in [-0.1, -0.05) is 19.1 Å². The van der Waals surface area contributed by atoms with Gasteiger partial charge in [-0.05, 0) is 56.7 Å². The Kier molecular flexibility index (Phi) is 7.14. The lowest BCUT2D eigenvalue weighted by Gasteiger charge is -2.15. The van der Waals surface area contributed by atoms with Crippen LogP contribution in [0.15, 0.2) is 48.5 Å². The van der Waals surface area contributed by atoms with Crippen LogP contribution in [-0.4, -0.2) is 25.2 Å². The maximum atomic E-state index is 12.2. The van der Waals surface area contributed by atoms with E-state index in [1.54, 1.807) is 0 Å². The molecule has 0 radical (unpaired) electrons. The topological polar surface area (TPSA) is 59.6 Å². The molecule has 0 aromatic heterocycles. The molecule has 25 heavy (non-hydrogen) atoms. The van der Waals surface area contributed by atoms with Gasteiger partial charge >= 0.3 is 0 Å². The number of para-hydroxylation sites is 2. The van der Waals surface area contributed by atoms with Crippen LogP contribution in [0.3, 0.4) is 0 Å². The molecule has 2 aromatic rings. The number of carbonyl (C=O) groups is 1. The molecule has 5 heteroatoms. The van der Waals surface area contributed by atoms with Gasteiger partial charge in [0.15, 0.2) is 0 Å². The van der Waals surface area contributed by atoms with Crippen LogP contribution in [0, 0.1) is 0 Å². The van der Waals surface area contributed by atoms with E-state index < -0.39 is 0 Å². The molecule has 0 spiro atoms. The highest BCUT2D eigenvalue weighted by atomic mass is 16.5. The minimum atomic E-state index is -0.133. The molecule has 2 N–H and O–H groups in total. The number of hydrogen-bond acceptors (Lipinski definition) is 4. The average Bonchev–Trinajstić information content (AvgIpc) is 2.60. The summed E-state index contributed by atoms with van der Waals surface area (Å²) in [6, 6.07) is 15.0. The molecule has 0 aliphatic rings. The van der Waals surface area contributed by atoms with Crippen molar-refractivity contribution in [2.45, 2.75) is 33.3 Å². The first-order valence-electron chi connectivity index (χ1n) is 8.60. The molecule has 0 heterocycles. The summed E-state index contributed by atoms with van der Waals surface area (Å²) in [5.74, 6) is 1.37. The van der Waals surface area contributed by atoms with Crippen LogP contribution in [0.5, 0.6) is 11.5 Å². The number of ether oxygens (including phenoxy) is 2. The summed E-state index contributed by atoms with van der Waals surface area (Å²) >= 11 is 0. The second kappa shape index (κ2) is 9.57. The SMILES string of the molecule is CCCOc1ccc(NCC(=O)Nc2ccccc2OC(C)C)cc1. The van der Waals surface area contributed by atoms with Gasteiger partial charge in [-0.25, -0.2) is 0 Å². The zero-order chi connectivity index (χ0) is 18.1. The maximum absolute atomic E-state index is 12.2. The summed E-state index contributed by atoms with van der Waals surface area (Å²) in [5.41, 5.74) is 1.54. The standard InChI is InChI=1S/C20H26N2O3/c1-4-13-24-17-11-9-16(10-12-17)21-14-20(23)22-18-7-5-6-8-19(18)25-15(2)3/h5-12,15,21H,4,13-14H2,1-3H3,(H,22,23). The molecular formula is C20H26N2O3. The lowest BCUT2D eigenvalue weighted by Crippen LogP contribution is -2.22. The largest absolute Gasteiger partial charge is 0.494 e. The zero-order valence-corrected chi connectivity index (χ0v) is 15.0. The third-order valence-corrected chi connectivity index (χ3v) is 3.30. The monoisotopic (exact) mass is 342 g/mol. The highest BCUT2D eigenvalue weighted by Crippen LogP contribution is 2.24. The fraction of sp³-hybridized carbons (Fsp3) is 0.350. The van der Waals surface area contributed by atoms with E-state index in [1.807, 2.05) is 62.4 Å². The van der Waals surface area contributed by atoms with Crippen molar-refractivity contribution in [1.29, 1.82) is 0 Å². The van der Waals surface area contributed by atoms with Gasteiger partial charge < -0.3 is 20.1 Å². The van der Waals surface area contributed by atoms with Crippen LogP contribution in [-0.2, 0) is 4.79 Å². The van der Waals surface area contributed by atoms with Crippen LogP contribution < -0.4 is 20.1 Å². The Morgan fingerprint density at radius 3 is 2.48 bits per heavy atom. The van der Waals surface area contributed by atoms with Crippen LogP contribution in [0.4, 0.5) is 11.4 Å². The number of rotatable bonds is 9. The maximum Gasteiger partial charge on any atom is 0.243 e. The van der Waals surface area contributed by atoms with Crippen molar-refractivity contribution in [2.75, 3.05) is 23.8 Å². The normalized spacial score (nSPS) is 10.4. The molecule has 2 rings (SSSR count). The predicted octanol–water partition coefficient (Wildman–Crippen LogP) is 4.31. The Balaban J connectivity index is 1.86. The lowest BCUT2D eigenvalue weighted by atomic mass is 10.2. The van der Waals surface area contributed by atoms with Gasteiger partial charge in [0, 0.05) is 5.69 Å². The van der Waals surface area contributed by atoms with Crippen LogP contribution in [0.1, 0.15) is 27.2 Å². The van der Waals surface area contributed by atoms with Gasteiger partial charge in [0.1, 0.15) is 11.5 Å². The molecule has 0 atom stereocenters. The van der Waals surface area contributed by atoms with E-state index in [0.717, 1.165) is 17.9 Å². The molecule has 0 aliphatic carbocycles. The van der Waals surface area contributed by atoms with Gasteiger partial charge in [-0.2, -0.15) is 0 Å². The van der Waals surface area contributed by atoms with E-state index in [1.165, 1.54) is 0 Å². The molecule has 0 fully saturated rings. The number of amides is 1. The summed E-state index contributed by atoms with van der Waals surface area (Å²) in [4.78, 5) is 12.2. The Morgan fingerprint density at radius 2 is 1.80 bits per heavy atom. The summed E-state index contributed by atoms with van der Waals surface area (Å²) in [6.07, 6.45) is 1.02. The quantitative estimate of drug-likeness (QED) is 0.713. The third kappa shape index (κ3) is 6.37. The first-order valence-corrected chi connectivity index (χ1v) is 8.60. The first-order chi connectivity index (χ1) is 12.1. The number of anilines is 2. The molecule has 1 amide bonds. The molecule has 0 saturated heterocycles. The molecule has 0 unspecified atom stereocenters. The zero-order valence-electron chi connectivity index (χ0n) is 15.0. The Morgan fingerprint density at radius 1 is 1.08 bits per heavy atom. The van der Waals surface area contributed by atoms with Crippen molar-refractivity contribution in [3.05, 3.63) is 48.5 Å². The van der Waals surface area contributed by atoms with Crippen molar-refractivity contribution < 1.29 is 14.3 Å². The van der Waals surface area contributed by atoms with Crippen molar-refractivity contribution in [1.82, 2.24) is 0 Å². The smallest absolute Gasteiger partial charge is 0.243 e. The van der Waals surface area contributed by atoms with Crippen LogP contribution in [0.25, 0.3) is 0 Å². The Bertz CT molecular complexity index is 669. The number of hydrogen-bond donors (Lipinski definition) is 2. The second-order valence-electron chi connectivity index (χ2n) is 5.94. The van der Waals surface area contributed by atoms with Crippen LogP contribution >= 0.6 is 0 Å². The number of nitrogens with one attached hydrogen (secondary N) is 2. The van der Waals surface area contributed by atoms with Crippen molar-refractivity contribution in [3.63, 3.8) is 0 Å². The third-order valence-electron chi connectivity index (χ3n) is 3.30. The summed E-state index contributed by atoms with van der Waals surface area (Å²) < 4.78 is 11.2. The minimum Gasteiger partial charge on any atom is -0.494 e. The fourth-order valence-electron chi connectivity index (χ4n) is 2.19. The molecule has 0 saturated carbocycles. The van der Waals surface area contributed by atoms with E-state index in [4.69, 9.17) is 9.47 Å². The van der Waals surface area contributed by atoms with E-state index in [-0.39, 0.29) is 18.6 Å². The summed E-state index contributed by atoms with van der Waals surface area (Å²) in [5, 5.41) is 5.97. The Hall–Kier alpha value is -2.69. The van der Waals surface area contributed by atoms with Gasteiger partial charge in [0.25, 0.3) is 0 Å². The van der Waals surface area contributed by atoms with Crippen molar-refractivity contribution >= 4 is 17.3 Å².